The minimum Gasteiger partial charge on any atom is -0.480 e. The zero-order valence-corrected chi connectivity index (χ0v) is 13.0. The van der Waals surface area contributed by atoms with Gasteiger partial charge in [-0.25, -0.2) is 0 Å². The first-order valence-corrected chi connectivity index (χ1v) is 7.48. The summed E-state index contributed by atoms with van der Waals surface area (Å²) in [4.78, 5) is 24.9. The zero-order chi connectivity index (χ0) is 15.1. The van der Waals surface area contributed by atoms with E-state index in [0.29, 0.717) is 5.58 Å². The Kier molecular flexibility index (Phi) is 3.49. The lowest BCUT2D eigenvalue weighted by Crippen LogP contribution is -2.37. The second-order valence-electron chi connectivity index (χ2n) is 5.25. The van der Waals surface area contributed by atoms with Crippen molar-refractivity contribution in [3.63, 3.8) is 0 Å². The van der Waals surface area contributed by atoms with E-state index in [2.05, 4.69) is 15.9 Å². The van der Waals surface area contributed by atoms with Crippen molar-refractivity contribution in [2.24, 2.45) is 0 Å². The van der Waals surface area contributed by atoms with E-state index in [1.165, 1.54) is 4.90 Å². The largest absolute Gasteiger partial charge is 0.480 e. The highest BCUT2D eigenvalue weighted by molar-refractivity contribution is 9.10. The number of fused-ring (bicyclic) bond motifs is 1. The Morgan fingerprint density at radius 1 is 1.43 bits per heavy atom. The van der Waals surface area contributed by atoms with Crippen LogP contribution in [0.15, 0.2) is 27.1 Å². The smallest absolute Gasteiger partial charge is 0.323 e. The first-order chi connectivity index (χ1) is 9.97. The Labute approximate surface area is 129 Å². The van der Waals surface area contributed by atoms with Crippen LogP contribution in [0.25, 0.3) is 11.0 Å². The number of benzene rings is 1. The molecule has 2 aromatic rings. The summed E-state index contributed by atoms with van der Waals surface area (Å²) in [7, 11) is 0. The number of amides is 1. The van der Waals surface area contributed by atoms with E-state index in [4.69, 9.17) is 9.52 Å². The van der Waals surface area contributed by atoms with Gasteiger partial charge in [-0.3, -0.25) is 9.59 Å². The molecule has 1 N–H and O–H groups in total. The van der Waals surface area contributed by atoms with Gasteiger partial charge >= 0.3 is 5.97 Å². The molecule has 1 saturated carbocycles. The number of aryl methyl sites for hydroxylation is 1. The molecular formula is C15H14BrNO4. The predicted molar refractivity (Wildman–Crippen MR) is 80.3 cm³/mol. The topological polar surface area (TPSA) is 70.8 Å². The number of rotatable bonds is 4. The van der Waals surface area contributed by atoms with Gasteiger partial charge in [-0.2, -0.15) is 0 Å². The fourth-order valence-electron chi connectivity index (χ4n) is 2.43. The number of carbonyl (C=O) groups excluding carboxylic acids is 1. The number of carboxylic acids is 1. The molecule has 0 radical (unpaired) electrons. The maximum Gasteiger partial charge on any atom is 0.323 e. The molecule has 3 rings (SSSR count). The number of aliphatic carboxylic acids is 1. The lowest BCUT2D eigenvalue weighted by Gasteiger charge is -2.19. The van der Waals surface area contributed by atoms with Crippen LogP contribution in [0.1, 0.15) is 29.0 Å². The molecule has 5 nitrogen and oxygen atoms in total. The first kappa shape index (κ1) is 14.1. The van der Waals surface area contributed by atoms with Crippen molar-refractivity contribution in [1.82, 2.24) is 4.90 Å². The summed E-state index contributed by atoms with van der Waals surface area (Å²) in [6.45, 7) is 1.53. The standard InChI is InChI=1S/C15H14BrNO4/c1-8-11-6-9(16)2-5-12(11)21-14(8)15(20)17(7-13(18)19)10-3-4-10/h2,5-6,10H,3-4,7H2,1H3,(H,18,19). The van der Waals surface area contributed by atoms with Gasteiger partial charge in [-0.05, 0) is 38.0 Å². The molecule has 1 aliphatic carbocycles. The van der Waals surface area contributed by atoms with Crippen LogP contribution >= 0.6 is 15.9 Å². The molecule has 1 aromatic heterocycles. The highest BCUT2D eigenvalue weighted by Crippen LogP contribution is 2.32. The number of furan rings is 1. The molecule has 0 saturated heterocycles. The van der Waals surface area contributed by atoms with Crippen LogP contribution in [0.5, 0.6) is 0 Å². The average molecular weight is 352 g/mol. The summed E-state index contributed by atoms with van der Waals surface area (Å²) in [5.74, 6) is -1.12. The van der Waals surface area contributed by atoms with Crippen LogP contribution in [0.2, 0.25) is 0 Å². The van der Waals surface area contributed by atoms with Crippen molar-refractivity contribution in [1.29, 1.82) is 0 Å². The quantitative estimate of drug-likeness (QED) is 0.917. The van der Waals surface area contributed by atoms with Gasteiger partial charge in [0, 0.05) is 21.5 Å². The van der Waals surface area contributed by atoms with E-state index in [0.717, 1.165) is 28.3 Å². The van der Waals surface area contributed by atoms with Gasteiger partial charge in [0.2, 0.25) is 0 Å². The third kappa shape index (κ3) is 2.68. The fraction of sp³-hybridized carbons (Fsp3) is 0.333. The predicted octanol–water partition coefficient (Wildman–Crippen LogP) is 3.19. The van der Waals surface area contributed by atoms with Gasteiger partial charge in [0.1, 0.15) is 12.1 Å². The van der Waals surface area contributed by atoms with E-state index in [1.807, 2.05) is 19.1 Å². The van der Waals surface area contributed by atoms with Crippen LogP contribution in [0, 0.1) is 6.92 Å². The monoisotopic (exact) mass is 351 g/mol. The van der Waals surface area contributed by atoms with E-state index >= 15 is 0 Å². The van der Waals surface area contributed by atoms with Crippen molar-refractivity contribution in [3.8, 4) is 0 Å². The molecule has 1 heterocycles. The number of halogens is 1. The molecule has 0 aliphatic heterocycles. The van der Waals surface area contributed by atoms with Crippen molar-refractivity contribution in [2.45, 2.75) is 25.8 Å². The Bertz CT molecular complexity index is 733. The normalized spacial score (nSPS) is 14.4. The van der Waals surface area contributed by atoms with Crippen LogP contribution in [-0.4, -0.2) is 34.5 Å². The summed E-state index contributed by atoms with van der Waals surface area (Å²) in [6, 6.07) is 5.55. The highest BCUT2D eigenvalue weighted by atomic mass is 79.9. The number of nitrogens with zero attached hydrogens (tertiary/aromatic N) is 1. The average Bonchev–Trinajstić information content (AvgIpc) is 3.21. The number of carboxylic acid groups (broad SMARTS) is 1. The molecular weight excluding hydrogens is 338 g/mol. The molecule has 1 aliphatic rings. The molecule has 0 spiro atoms. The Hall–Kier alpha value is -1.82. The van der Waals surface area contributed by atoms with Crippen LogP contribution in [0.4, 0.5) is 0 Å². The number of carbonyl (C=O) groups is 2. The summed E-state index contributed by atoms with van der Waals surface area (Å²) in [5, 5.41) is 9.83. The van der Waals surface area contributed by atoms with E-state index in [-0.39, 0.29) is 24.3 Å². The van der Waals surface area contributed by atoms with Gasteiger partial charge in [-0.1, -0.05) is 15.9 Å². The third-order valence-electron chi connectivity index (χ3n) is 3.65. The maximum absolute atomic E-state index is 12.6. The molecule has 1 aromatic carbocycles. The lowest BCUT2D eigenvalue weighted by atomic mass is 10.1. The molecule has 1 fully saturated rings. The number of hydrogen-bond acceptors (Lipinski definition) is 3. The van der Waals surface area contributed by atoms with Crippen molar-refractivity contribution in [3.05, 3.63) is 34.0 Å². The Morgan fingerprint density at radius 3 is 2.76 bits per heavy atom. The Balaban J connectivity index is 2.00. The first-order valence-electron chi connectivity index (χ1n) is 6.69. The minimum absolute atomic E-state index is 0.0212. The van der Waals surface area contributed by atoms with E-state index in [9.17, 15) is 9.59 Å². The second-order valence-corrected chi connectivity index (χ2v) is 6.17. The van der Waals surface area contributed by atoms with Gasteiger partial charge in [0.05, 0.1) is 0 Å². The molecule has 21 heavy (non-hydrogen) atoms. The molecule has 0 bridgehead atoms. The Morgan fingerprint density at radius 2 is 2.14 bits per heavy atom. The molecule has 6 heteroatoms. The van der Waals surface area contributed by atoms with Gasteiger partial charge in [0.15, 0.2) is 5.76 Å². The van der Waals surface area contributed by atoms with Crippen molar-refractivity contribution < 1.29 is 19.1 Å². The molecule has 0 unspecified atom stereocenters. The van der Waals surface area contributed by atoms with Crippen LogP contribution in [-0.2, 0) is 4.79 Å². The van der Waals surface area contributed by atoms with Crippen molar-refractivity contribution in [2.75, 3.05) is 6.54 Å². The molecule has 1 amide bonds. The summed E-state index contributed by atoms with van der Waals surface area (Å²) >= 11 is 3.39. The minimum atomic E-state index is -1.01. The molecule has 0 atom stereocenters. The third-order valence-corrected chi connectivity index (χ3v) is 4.14. The maximum atomic E-state index is 12.6. The summed E-state index contributed by atoms with van der Waals surface area (Å²) < 4.78 is 6.56. The second kappa shape index (κ2) is 5.18. The number of hydrogen-bond donors (Lipinski definition) is 1. The van der Waals surface area contributed by atoms with E-state index in [1.54, 1.807) is 6.07 Å². The van der Waals surface area contributed by atoms with Crippen LogP contribution in [0.3, 0.4) is 0 Å². The SMILES string of the molecule is Cc1c(C(=O)N(CC(=O)O)C2CC2)oc2ccc(Br)cc12. The van der Waals surface area contributed by atoms with Crippen LogP contribution < -0.4 is 0 Å². The summed E-state index contributed by atoms with van der Waals surface area (Å²) in [6.07, 6.45) is 1.70. The zero-order valence-electron chi connectivity index (χ0n) is 11.4. The van der Waals surface area contributed by atoms with Gasteiger partial charge < -0.3 is 14.4 Å². The van der Waals surface area contributed by atoms with E-state index < -0.39 is 5.97 Å². The summed E-state index contributed by atoms with van der Waals surface area (Å²) in [5.41, 5.74) is 1.37. The van der Waals surface area contributed by atoms with Crippen molar-refractivity contribution >= 4 is 38.8 Å². The fourth-order valence-corrected chi connectivity index (χ4v) is 2.79. The highest BCUT2D eigenvalue weighted by Gasteiger charge is 2.36. The van der Waals surface area contributed by atoms with Gasteiger partial charge in [0.25, 0.3) is 5.91 Å². The van der Waals surface area contributed by atoms with Gasteiger partial charge in [-0.15, -0.1) is 0 Å². The molecule has 110 valence electrons. The lowest BCUT2D eigenvalue weighted by molar-refractivity contribution is -0.137.